The molecule has 1 atom stereocenters. The van der Waals surface area contributed by atoms with Gasteiger partial charge in [-0.15, -0.1) is 0 Å². The molecule has 1 heterocycles. The van der Waals surface area contributed by atoms with Crippen LogP contribution >= 0.6 is 0 Å². The molecule has 0 fully saturated rings. The third-order valence-electron chi connectivity index (χ3n) is 1.91. The average molecular weight is 208 g/mol. The first kappa shape index (κ1) is 11.2. The second kappa shape index (κ2) is 5.09. The molecule has 0 aliphatic heterocycles. The molecular formula is C10H12N2O3. The lowest BCUT2D eigenvalue weighted by Crippen LogP contribution is -2.40. The Labute approximate surface area is 87.1 Å². The normalized spacial score (nSPS) is 11.8. The summed E-state index contributed by atoms with van der Waals surface area (Å²) in [6, 6.07) is 4.03. The lowest BCUT2D eigenvalue weighted by Gasteiger charge is -2.11. The van der Waals surface area contributed by atoms with E-state index in [0.717, 1.165) is 0 Å². The molecule has 5 nitrogen and oxygen atoms in total. The highest BCUT2D eigenvalue weighted by Gasteiger charge is 2.18. The van der Waals surface area contributed by atoms with Crippen molar-refractivity contribution < 1.29 is 14.7 Å². The van der Waals surface area contributed by atoms with E-state index in [1.807, 2.05) is 0 Å². The average Bonchev–Trinajstić information content (AvgIpc) is 2.26. The first-order valence-electron chi connectivity index (χ1n) is 4.60. The molecule has 0 radical (unpaired) electrons. The Balaban J connectivity index is 2.67. The van der Waals surface area contributed by atoms with Gasteiger partial charge in [-0.05, 0) is 18.6 Å². The predicted molar refractivity (Wildman–Crippen MR) is 53.4 cm³/mol. The van der Waals surface area contributed by atoms with Gasteiger partial charge in [0.15, 0.2) is 0 Å². The number of nitrogens with zero attached hydrogens (tertiary/aromatic N) is 1. The molecule has 2 N–H and O–H groups in total. The second-order valence-corrected chi connectivity index (χ2v) is 2.99. The summed E-state index contributed by atoms with van der Waals surface area (Å²) < 4.78 is 0. The number of carboxylic acids is 1. The maximum atomic E-state index is 11.5. The summed E-state index contributed by atoms with van der Waals surface area (Å²) in [6.07, 6.45) is 1.82. The van der Waals surface area contributed by atoms with Gasteiger partial charge >= 0.3 is 5.97 Å². The van der Waals surface area contributed by atoms with Crippen LogP contribution in [0.25, 0.3) is 0 Å². The number of hydrogen-bond acceptors (Lipinski definition) is 3. The van der Waals surface area contributed by atoms with Gasteiger partial charge in [-0.2, -0.15) is 0 Å². The Kier molecular flexibility index (Phi) is 3.79. The number of amides is 1. The minimum Gasteiger partial charge on any atom is -0.480 e. The molecule has 1 aromatic rings. The lowest BCUT2D eigenvalue weighted by molar-refractivity contribution is -0.139. The van der Waals surface area contributed by atoms with Crippen molar-refractivity contribution in [2.75, 3.05) is 0 Å². The fourth-order valence-electron chi connectivity index (χ4n) is 1.07. The van der Waals surface area contributed by atoms with Crippen LogP contribution in [0.3, 0.4) is 0 Å². The SMILES string of the molecule is CCC(NC(=O)c1ccccn1)C(=O)O. The molecule has 0 saturated carbocycles. The van der Waals surface area contributed by atoms with Crippen molar-refractivity contribution in [2.45, 2.75) is 19.4 Å². The van der Waals surface area contributed by atoms with Crippen molar-refractivity contribution in [1.29, 1.82) is 0 Å². The van der Waals surface area contributed by atoms with Crippen molar-refractivity contribution in [2.24, 2.45) is 0 Å². The van der Waals surface area contributed by atoms with E-state index in [1.54, 1.807) is 19.1 Å². The van der Waals surface area contributed by atoms with Crippen molar-refractivity contribution in [3.63, 3.8) is 0 Å². The molecule has 5 heteroatoms. The largest absolute Gasteiger partial charge is 0.480 e. The smallest absolute Gasteiger partial charge is 0.326 e. The fourth-order valence-corrected chi connectivity index (χ4v) is 1.07. The summed E-state index contributed by atoms with van der Waals surface area (Å²) in [5.74, 6) is -1.51. The van der Waals surface area contributed by atoms with Gasteiger partial charge in [0.1, 0.15) is 11.7 Å². The molecule has 80 valence electrons. The van der Waals surface area contributed by atoms with E-state index in [2.05, 4.69) is 10.3 Å². The zero-order chi connectivity index (χ0) is 11.3. The minimum absolute atomic E-state index is 0.220. The maximum absolute atomic E-state index is 11.5. The molecule has 0 spiro atoms. The third kappa shape index (κ3) is 3.05. The zero-order valence-electron chi connectivity index (χ0n) is 8.30. The van der Waals surface area contributed by atoms with Gasteiger partial charge in [0.05, 0.1) is 0 Å². The molecule has 0 aliphatic rings. The number of carboxylic acid groups (broad SMARTS) is 1. The van der Waals surface area contributed by atoms with Crippen LogP contribution in [0.2, 0.25) is 0 Å². The van der Waals surface area contributed by atoms with Crippen molar-refractivity contribution in [3.05, 3.63) is 30.1 Å². The standard InChI is InChI=1S/C10H12N2O3/c1-2-7(10(14)15)12-9(13)8-5-3-4-6-11-8/h3-7H,2H2,1H3,(H,12,13)(H,14,15). The van der Waals surface area contributed by atoms with Gasteiger partial charge in [-0.25, -0.2) is 4.79 Å². The van der Waals surface area contributed by atoms with Crippen LogP contribution in [0.5, 0.6) is 0 Å². The lowest BCUT2D eigenvalue weighted by atomic mass is 10.2. The molecule has 0 bridgehead atoms. The summed E-state index contributed by atoms with van der Waals surface area (Å²) in [5.41, 5.74) is 0.220. The summed E-state index contributed by atoms with van der Waals surface area (Å²) in [6.45, 7) is 1.69. The molecule has 0 aromatic carbocycles. The number of aromatic nitrogens is 1. The van der Waals surface area contributed by atoms with E-state index in [-0.39, 0.29) is 5.69 Å². The zero-order valence-corrected chi connectivity index (χ0v) is 8.30. The molecule has 15 heavy (non-hydrogen) atoms. The molecule has 1 amide bonds. The van der Waals surface area contributed by atoms with Gasteiger partial charge in [-0.1, -0.05) is 13.0 Å². The van der Waals surface area contributed by atoms with Crippen LogP contribution in [0, 0.1) is 0 Å². The Hall–Kier alpha value is -1.91. The molecular weight excluding hydrogens is 196 g/mol. The molecule has 1 aromatic heterocycles. The van der Waals surface area contributed by atoms with Crippen molar-refractivity contribution >= 4 is 11.9 Å². The Morgan fingerprint density at radius 2 is 2.27 bits per heavy atom. The highest BCUT2D eigenvalue weighted by molar-refractivity contribution is 5.94. The quantitative estimate of drug-likeness (QED) is 0.762. The van der Waals surface area contributed by atoms with E-state index in [4.69, 9.17) is 5.11 Å². The van der Waals surface area contributed by atoms with E-state index in [0.29, 0.717) is 6.42 Å². The van der Waals surface area contributed by atoms with Crippen molar-refractivity contribution in [1.82, 2.24) is 10.3 Å². The second-order valence-electron chi connectivity index (χ2n) is 2.99. The minimum atomic E-state index is -1.04. The summed E-state index contributed by atoms with van der Waals surface area (Å²) in [7, 11) is 0. The first-order valence-corrected chi connectivity index (χ1v) is 4.60. The van der Waals surface area contributed by atoms with Crippen LogP contribution < -0.4 is 5.32 Å². The number of carbonyl (C=O) groups excluding carboxylic acids is 1. The van der Waals surface area contributed by atoms with E-state index in [1.165, 1.54) is 12.3 Å². The molecule has 1 unspecified atom stereocenters. The topological polar surface area (TPSA) is 79.3 Å². The number of hydrogen-bond donors (Lipinski definition) is 2. The number of rotatable bonds is 4. The van der Waals surface area contributed by atoms with Crippen LogP contribution in [-0.4, -0.2) is 28.0 Å². The van der Waals surface area contributed by atoms with E-state index in [9.17, 15) is 9.59 Å². The monoisotopic (exact) mass is 208 g/mol. The summed E-state index contributed by atoms with van der Waals surface area (Å²) >= 11 is 0. The van der Waals surface area contributed by atoms with Gasteiger partial charge in [0, 0.05) is 6.20 Å². The molecule has 0 aliphatic carbocycles. The third-order valence-corrected chi connectivity index (χ3v) is 1.91. The highest BCUT2D eigenvalue weighted by atomic mass is 16.4. The number of nitrogens with one attached hydrogen (secondary N) is 1. The summed E-state index contributed by atoms with van der Waals surface area (Å²) in [4.78, 5) is 26.0. The number of pyridine rings is 1. The Bertz CT molecular complexity index is 351. The number of aliphatic carboxylic acids is 1. The van der Waals surface area contributed by atoms with Crippen LogP contribution in [0.4, 0.5) is 0 Å². The van der Waals surface area contributed by atoms with Crippen LogP contribution in [0.15, 0.2) is 24.4 Å². The van der Waals surface area contributed by atoms with E-state index >= 15 is 0 Å². The summed E-state index contributed by atoms with van der Waals surface area (Å²) in [5, 5.41) is 11.1. The maximum Gasteiger partial charge on any atom is 0.326 e. The highest BCUT2D eigenvalue weighted by Crippen LogP contribution is 1.96. The first-order chi connectivity index (χ1) is 7.15. The van der Waals surface area contributed by atoms with Gasteiger partial charge in [0.2, 0.25) is 0 Å². The Morgan fingerprint density at radius 1 is 1.53 bits per heavy atom. The van der Waals surface area contributed by atoms with Gasteiger partial charge in [-0.3, -0.25) is 9.78 Å². The predicted octanol–water partition coefficient (Wildman–Crippen LogP) is 0.675. The van der Waals surface area contributed by atoms with Crippen LogP contribution in [-0.2, 0) is 4.79 Å². The van der Waals surface area contributed by atoms with Crippen LogP contribution in [0.1, 0.15) is 23.8 Å². The number of carbonyl (C=O) groups is 2. The van der Waals surface area contributed by atoms with E-state index < -0.39 is 17.9 Å². The van der Waals surface area contributed by atoms with Gasteiger partial charge in [0.25, 0.3) is 5.91 Å². The van der Waals surface area contributed by atoms with Gasteiger partial charge < -0.3 is 10.4 Å². The Morgan fingerprint density at radius 3 is 2.73 bits per heavy atom. The van der Waals surface area contributed by atoms with Crippen molar-refractivity contribution in [3.8, 4) is 0 Å². The fraction of sp³-hybridized carbons (Fsp3) is 0.300. The molecule has 1 rings (SSSR count). The molecule has 0 saturated heterocycles.